The summed E-state index contributed by atoms with van der Waals surface area (Å²) in [5.74, 6) is 0.944. The van der Waals surface area contributed by atoms with E-state index < -0.39 is 6.04 Å². The van der Waals surface area contributed by atoms with Crippen molar-refractivity contribution in [1.29, 1.82) is 0 Å². The monoisotopic (exact) mass is 489 g/mol. The summed E-state index contributed by atoms with van der Waals surface area (Å²) in [6, 6.07) is 6.84. The summed E-state index contributed by atoms with van der Waals surface area (Å²) in [6.07, 6.45) is 12.5. The van der Waals surface area contributed by atoms with Gasteiger partial charge in [-0.3, -0.25) is 4.79 Å². The fourth-order valence-corrected chi connectivity index (χ4v) is 4.70. The predicted molar refractivity (Wildman–Crippen MR) is 139 cm³/mol. The molecule has 198 valence electrons. The first-order chi connectivity index (χ1) is 16.9. The number of hydrogen-bond acceptors (Lipinski definition) is 5. The molecular formula is C29H47NO5. The highest BCUT2D eigenvalue weighted by Gasteiger charge is 2.30. The molecule has 0 spiro atoms. The first kappa shape index (κ1) is 29.2. The van der Waals surface area contributed by atoms with Crippen LogP contribution in [0.5, 0.6) is 5.75 Å². The number of amides is 1. The number of aliphatic hydroxyl groups excluding tert-OH is 1. The molecule has 1 saturated heterocycles. The topological polar surface area (TPSA) is 76.1 Å². The van der Waals surface area contributed by atoms with E-state index in [1.165, 1.54) is 25.7 Å². The number of cyclic esters (lactones) is 1. The van der Waals surface area contributed by atoms with Crippen LogP contribution in [0.4, 0.5) is 0 Å². The predicted octanol–water partition coefficient (Wildman–Crippen LogP) is 5.69. The highest BCUT2D eigenvalue weighted by molar-refractivity contribution is 5.84. The van der Waals surface area contributed by atoms with E-state index in [1.807, 2.05) is 24.3 Å². The number of likely N-dealkylation sites (N-methyl/N-ethyl adjacent to an activating group) is 1. The number of hydrogen-bond donors (Lipinski definition) is 1. The second-order valence-electron chi connectivity index (χ2n) is 10.1. The Kier molecular flexibility index (Phi) is 13.8. The maximum Gasteiger partial charge on any atom is 0.329 e. The van der Waals surface area contributed by atoms with Gasteiger partial charge < -0.3 is 19.5 Å². The van der Waals surface area contributed by atoms with Crippen LogP contribution in [0.2, 0.25) is 0 Å². The summed E-state index contributed by atoms with van der Waals surface area (Å²) in [6.45, 7) is 4.68. The summed E-state index contributed by atoms with van der Waals surface area (Å²) >= 11 is 0. The molecule has 1 aromatic carbocycles. The van der Waals surface area contributed by atoms with E-state index in [-0.39, 0.29) is 31.2 Å². The van der Waals surface area contributed by atoms with Gasteiger partial charge in [-0.05, 0) is 55.7 Å². The van der Waals surface area contributed by atoms with Crippen LogP contribution in [-0.2, 0) is 20.7 Å². The molecule has 6 heteroatoms. The number of ether oxygens (including phenoxy) is 2. The van der Waals surface area contributed by atoms with Crippen LogP contribution in [-0.4, -0.2) is 54.3 Å². The van der Waals surface area contributed by atoms with Crippen LogP contribution >= 0.6 is 0 Å². The van der Waals surface area contributed by atoms with Gasteiger partial charge in [-0.2, -0.15) is 0 Å². The Labute approximate surface area is 212 Å². The molecule has 0 aliphatic carbocycles. The summed E-state index contributed by atoms with van der Waals surface area (Å²) in [5.41, 5.74) is 0.942. The summed E-state index contributed by atoms with van der Waals surface area (Å²) in [4.78, 5) is 28.0. The van der Waals surface area contributed by atoms with Crippen molar-refractivity contribution in [2.45, 2.75) is 109 Å². The molecule has 6 nitrogen and oxygen atoms in total. The van der Waals surface area contributed by atoms with Gasteiger partial charge in [0.1, 0.15) is 24.5 Å². The van der Waals surface area contributed by atoms with Crippen molar-refractivity contribution in [1.82, 2.24) is 4.90 Å². The fourth-order valence-electron chi connectivity index (χ4n) is 4.70. The molecule has 0 bridgehead atoms. The van der Waals surface area contributed by atoms with Gasteiger partial charge in [0.25, 0.3) is 0 Å². The van der Waals surface area contributed by atoms with Crippen LogP contribution in [0.15, 0.2) is 24.3 Å². The number of carbonyl (C=O) groups excluding carboxylic acids is 2. The lowest BCUT2D eigenvalue weighted by atomic mass is 9.95. The molecule has 1 amide bonds. The van der Waals surface area contributed by atoms with Gasteiger partial charge >= 0.3 is 5.97 Å². The van der Waals surface area contributed by atoms with Gasteiger partial charge in [0.2, 0.25) is 5.91 Å². The minimum absolute atomic E-state index is 0.00198. The van der Waals surface area contributed by atoms with Crippen LogP contribution in [0, 0.1) is 5.92 Å². The lowest BCUT2D eigenvalue weighted by molar-refractivity contribution is -0.159. The highest BCUT2D eigenvalue weighted by atomic mass is 16.5. The first-order valence-electron chi connectivity index (χ1n) is 13.7. The molecular weight excluding hydrogens is 442 g/mol. The fraction of sp³-hybridized carbons (Fsp3) is 0.724. The number of nitrogens with zero attached hydrogens (tertiary/aromatic N) is 1. The van der Waals surface area contributed by atoms with Gasteiger partial charge in [0.05, 0.1) is 6.61 Å². The number of aliphatic hydroxyl groups is 1. The minimum atomic E-state index is -0.646. The quantitative estimate of drug-likeness (QED) is 0.319. The van der Waals surface area contributed by atoms with E-state index in [0.717, 1.165) is 50.5 Å². The zero-order chi connectivity index (χ0) is 25.5. The Balaban J connectivity index is 2.14. The van der Waals surface area contributed by atoms with Gasteiger partial charge in [-0.15, -0.1) is 0 Å². The molecule has 2 rings (SSSR count). The summed E-state index contributed by atoms with van der Waals surface area (Å²) in [7, 11) is 1.73. The van der Waals surface area contributed by atoms with Gasteiger partial charge in [-0.25, -0.2) is 4.79 Å². The molecule has 1 fully saturated rings. The summed E-state index contributed by atoms with van der Waals surface area (Å²) in [5, 5.41) is 8.94. The molecule has 0 aromatic heterocycles. The van der Waals surface area contributed by atoms with Crippen LogP contribution in [0.1, 0.15) is 96.5 Å². The molecule has 1 heterocycles. The molecule has 35 heavy (non-hydrogen) atoms. The van der Waals surface area contributed by atoms with E-state index in [1.54, 1.807) is 11.9 Å². The maximum atomic E-state index is 13.4. The molecule has 0 radical (unpaired) electrons. The molecule has 3 atom stereocenters. The largest absolute Gasteiger partial charge is 0.491 e. The smallest absolute Gasteiger partial charge is 0.329 e. The zero-order valence-corrected chi connectivity index (χ0v) is 22.2. The van der Waals surface area contributed by atoms with E-state index >= 15 is 0 Å². The number of rotatable bonds is 11. The van der Waals surface area contributed by atoms with E-state index in [2.05, 4.69) is 13.8 Å². The van der Waals surface area contributed by atoms with E-state index in [9.17, 15) is 9.59 Å². The number of unbranched alkanes of at least 4 members (excludes halogenated alkanes) is 4. The lowest BCUT2D eigenvalue weighted by Gasteiger charge is -2.29. The third-order valence-electron chi connectivity index (χ3n) is 7.08. The van der Waals surface area contributed by atoms with Crippen molar-refractivity contribution in [3.05, 3.63) is 29.8 Å². The molecule has 1 aliphatic heterocycles. The van der Waals surface area contributed by atoms with Crippen LogP contribution < -0.4 is 4.74 Å². The van der Waals surface area contributed by atoms with E-state index in [0.29, 0.717) is 24.5 Å². The highest BCUT2D eigenvalue weighted by Crippen LogP contribution is 2.23. The van der Waals surface area contributed by atoms with Crippen LogP contribution in [0.3, 0.4) is 0 Å². The van der Waals surface area contributed by atoms with Crippen molar-refractivity contribution in [3.8, 4) is 5.75 Å². The Morgan fingerprint density at radius 3 is 2.49 bits per heavy atom. The second-order valence-corrected chi connectivity index (χ2v) is 10.1. The minimum Gasteiger partial charge on any atom is -0.491 e. The lowest BCUT2D eigenvalue weighted by Crippen LogP contribution is -2.45. The summed E-state index contributed by atoms with van der Waals surface area (Å²) < 4.78 is 11.6. The van der Waals surface area contributed by atoms with Crippen LogP contribution in [0.25, 0.3) is 0 Å². The third kappa shape index (κ3) is 11.0. The first-order valence-corrected chi connectivity index (χ1v) is 13.7. The number of benzene rings is 1. The molecule has 1 N–H and O–H groups in total. The number of esters is 1. The average molecular weight is 490 g/mol. The average Bonchev–Trinajstić information content (AvgIpc) is 2.86. The van der Waals surface area contributed by atoms with Crippen molar-refractivity contribution >= 4 is 11.9 Å². The Morgan fingerprint density at radius 2 is 1.77 bits per heavy atom. The second kappa shape index (κ2) is 16.6. The van der Waals surface area contributed by atoms with Crippen molar-refractivity contribution in [2.24, 2.45) is 5.92 Å². The third-order valence-corrected chi connectivity index (χ3v) is 7.08. The molecule has 1 aliphatic rings. The standard InChI is InChI=1S/C29H47NO5/c1-4-5-6-7-8-12-26-17-14-23(2)11-9-10-13-28(32)30(3)27(29(33)35-26)22-24-15-18-25(19-16-24)34-21-20-31/h15-16,18-19,23,26-27,31H,4-14,17,20-22H2,1-3H3/t23-,26-,27+/m1/s1. The zero-order valence-electron chi connectivity index (χ0n) is 22.2. The van der Waals surface area contributed by atoms with Gasteiger partial charge in [0.15, 0.2) is 0 Å². The molecule has 1 aromatic rings. The Hall–Kier alpha value is -2.08. The normalized spacial score (nSPS) is 22.6. The molecule has 0 saturated carbocycles. The van der Waals surface area contributed by atoms with Gasteiger partial charge in [-0.1, -0.05) is 64.5 Å². The van der Waals surface area contributed by atoms with Crippen molar-refractivity contribution in [3.63, 3.8) is 0 Å². The van der Waals surface area contributed by atoms with E-state index in [4.69, 9.17) is 14.6 Å². The Bertz CT molecular complexity index is 735. The molecule has 0 unspecified atom stereocenters. The number of carbonyl (C=O) groups is 2. The van der Waals surface area contributed by atoms with Crippen molar-refractivity contribution < 1.29 is 24.2 Å². The SMILES string of the molecule is CCCCCCC[C@@H]1CC[C@H](C)CCCCC(=O)N(C)[C@@H](Cc2ccc(OCCO)cc2)C(=O)O1. The maximum absolute atomic E-state index is 13.4. The Morgan fingerprint density at radius 1 is 1.03 bits per heavy atom. The van der Waals surface area contributed by atoms with Crippen molar-refractivity contribution in [2.75, 3.05) is 20.3 Å². The van der Waals surface area contributed by atoms with Gasteiger partial charge in [0, 0.05) is 19.9 Å².